The molecule has 0 saturated heterocycles. The average Bonchev–Trinajstić information content (AvgIpc) is 2.44. The topological polar surface area (TPSA) is 119 Å². The Morgan fingerprint density at radius 3 is 2.67 bits per heavy atom. The predicted octanol–water partition coefficient (Wildman–Crippen LogP) is 1.59. The van der Waals surface area contributed by atoms with Gasteiger partial charge in [-0.1, -0.05) is 6.92 Å². The number of benzene rings is 1. The fourth-order valence-corrected chi connectivity index (χ4v) is 1.53. The summed E-state index contributed by atoms with van der Waals surface area (Å²) in [6, 6.07) is 3.25. The summed E-state index contributed by atoms with van der Waals surface area (Å²) in [5.74, 6) is -1.82. The van der Waals surface area contributed by atoms with E-state index in [9.17, 15) is 19.7 Å². The molecule has 8 nitrogen and oxygen atoms in total. The minimum atomic E-state index is -1.28. The Bertz CT molecular complexity index is 558. The zero-order valence-corrected chi connectivity index (χ0v) is 11.7. The zero-order chi connectivity index (χ0) is 16.0. The van der Waals surface area contributed by atoms with Gasteiger partial charge in [0.05, 0.1) is 10.5 Å². The zero-order valence-electron chi connectivity index (χ0n) is 11.7. The van der Waals surface area contributed by atoms with E-state index in [1.54, 1.807) is 0 Å². The maximum Gasteiger partial charge on any atom is 0.335 e. The highest BCUT2D eigenvalue weighted by Gasteiger charge is 2.22. The summed E-state index contributed by atoms with van der Waals surface area (Å²) >= 11 is 0. The second-order valence-electron chi connectivity index (χ2n) is 4.30. The predicted molar refractivity (Wildman–Crippen MR) is 73.4 cm³/mol. The number of carbonyl (C=O) groups excluding carboxylic acids is 1. The Morgan fingerprint density at radius 2 is 2.14 bits per heavy atom. The number of amides is 1. The molecule has 0 heterocycles. The molecular formula is C13H16N2O6. The first kappa shape index (κ1) is 16.4. The molecule has 21 heavy (non-hydrogen) atoms. The number of hydrogen-bond donors (Lipinski definition) is 2. The van der Waals surface area contributed by atoms with Crippen molar-refractivity contribution in [1.82, 2.24) is 5.32 Å². The average molecular weight is 296 g/mol. The van der Waals surface area contributed by atoms with Crippen LogP contribution < -0.4 is 10.1 Å². The monoisotopic (exact) mass is 296 g/mol. The van der Waals surface area contributed by atoms with Crippen LogP contribution in [-0.2, 0) is 4.79 Å². The maximum atomic E-state index is 11.7. The van der Waals surface area contributed by atoms with Crippen molar-refractivity contribution in [3.05, 3.63) is 33.9 Å². The van der Waals surface area contributed by atoms with Crippen molar-refractivity contribution in [2.24, 2.45) is 0 Å². The lowest BCUT2D eigenvalue weighted by Crippen LogP contribution is -2.36. The van der Waals surface area contributed by atoms with E-state index in [1.807, 2.05) is 6.92 Å². The molecule has 0 aliphatic heterocycles. The van der Waals surface area contributed by atoms with Crippen LogP contribution in [0.2, 0.25) is 0 Å². The van der Waals surface area contributed by atoms with Gasteiger partial charge in [0.2, 0.25) is 0 Å². The number of nitro benzene ring substituents is 1. The van der Waals surface area contributed by atoms with Gasteiger partial charge in [0.1, 0.15) is 0 Å². The van der Waals surface area contributed by atoms with Crippen LogP contribution in [0.25, 0.3) is 0 Å². The third-order valence-electron chi connectivity index (χ3n) is 2.62. The number of hydrogen-bond acceptors (Lipinski definition) is 5. The standard InChI is InChI=1S/C13H16N2O6/c1-3-6-14-12(16)8(2)21-11-5-4-9(13(17)18)7-10(11)15(19)20/h4-5,7-8H,3,6H2,1-2H3,(H,14,16)(H,17,18). The van der Waals surface area contributed by atoms with E-state index in [0.717, 1.165) is 12.5 Å². The van der Waals surface area contributed by atoms with Crippen LogP contribution >= 0.6 is 0 Å². The summed E-state index contributed by atoms with van der Waals surface area (Å²) in [4.78, 5) is 32.7. The molecule has 1 aromatic rings. The number of ether oxygens (including phenoxy) is 1. The van der Waals surface area contributed by atoms with Crippen molar-refractivity contribution in [3.8, 4) is 5.75 Å². The minimum absolute atomic E-state index is 0.149. The summed E-state index contributed by atoms with van der Waals surface area (Å²) in [6.07, 6.45) is -0.169. The Morgan fingerprint density at radius 1 is 1.48 bits per heavy atom. The first-order valence-corrected chi connectivity index (χ1v) is 6.33. The first-order valence-electron chi connectivity index (χ1n) is 6.33. The Kier molecular flexibility index (Phi) is 5.65. The van der Waals surface area contributed by atoms with Crippen LogP contribution in [0.3, 0.4) is 0 Å². The fourth-order valence-electron chi connectivity index (χ4n) is 1.53. The van der Waals surface area contributed by atoms with Crippen molar-refractivity contribution in [2.45, 2.75) is 26.4 Å². The molecule has 114 valence electrons. The van der Waals surface area contributed by atoms with Crippen LogP contribution in [0, 0.1) is 10.1 Å². The van der Waals surface area contributed by atoms with Crippen molar-refractivity contribution in [2.75, 3.05) is 6.54 Å². The van der Waals surface area contributed by atoms with Crippen LogP contribution in [-0.4, -0.2) is 34.6 Å². The molecule has 0 fully saturated rings. The number of aromatic carboxylic acids is 1. The number of nitrogens with one attached hydrogen (secondary N) is 1. The second kappa shape index (κ2) is 7.22. The van der Waals surface area contributed by atoms with Gasteiger partial charge < -0.3 is 15.2 Å². The van der Waals surface area contributed by atoms with E-state index in [1.165, 1.54) is 19.1 Å². The van der Waals surface area contributed by atoms with E-state index in [-0.39, 0.29) is 11.3 Å². The molecule has 1 aromatic carbocycles. The molecule has 0 aliphatic carbocycles. The molecule has 0 spiro atoms. The lowest BCUT2D eigenvalue weighted by Gasteiger charge is -2.14. The second-order valence-corrected chi connectivity index (χ2v) is 4.30. The Labute approximate surface area is 120 Å². The summed E-state index contributed by atoms with van der Waals surface area (Å²) in [5, 5.41) is 22.4. The SMILES string of the molecule is CCCNC(=O)C(C)Oc1ccc(C(=O)O)cc1[N+](=O)[O-]. The quantitative estimate of drug-likeness (QED) is 0.582. The van der Waals surface area contributed by atoms with Crippen molar-refractivity contribution in [3.63, 3.8) is 0 Å². The smallest absolute Gasteiger partial charge is 0.335 e. The molecule has 1 rings (SSSR count). The lowest BCUT2D eigenvalue weighted by molar-refractivity contribution is -0.386. The third-order valence-corrected chi connectivity index (χ3v) is 2.62. The highest BCUT2D eigenvalue weighted by atomic mass is 16.6. The van der Waals surface area contributed by atoms with Crippen molar-refractivity contribution < 1.29 is 24.4 Å². The normalized spacial score (nSPS) is 11.5. The molecule has 1 atom stereocenters. The molecule has 0 radical (unpaired) electrons. The molecule has 2 N–H and O–H groups in total. The van der Waals surface area contributed by atoms with Gasteiger partial charge in [0, 0.05) is 12.6 Å². The number of nitrogens with zero attached hydrogens (tertiary/aromatic N) is 1. The van der Waals surface area contributed by atoms with Gasteiger partial charge >= 0.3 is 11.7 Å². The summed E-state index contributed by atoms with van der Waals surface area (Å²) in [6.45, 7) is 3.83. The third kappa shape index (κ3) is 4.44. The number of rotatable bonds is 7. The summed E-state index contributed by atoms with van der Waals surface area (Å²) < 4.78 is 5.25. The first-order chi connectivity index (χ1) is 9.86. The number of carboxylic acids is 1. The van der Waals surface area contributed by atoms with Crippen LogP contribution in [0.15, 0.2) is 18.2 Å². The van der Waals surface area contributed by atoms with Gasteiger partial charge in [-0.15, -0.1) is 0 Å². The van der Waals surface area contributed by atoms with Gasteiger partial charge in [0.15, 0.2) is 11.9 Å². The van der Waals surface area contributed by atoms with E-state index in [2.05, 4.69) is 5.32 Å². The molecular weight excluding hydrogens is 280 g/mol. The molecule has 0 saturated carbocycles. The number of nitro groups is 1. The van der Waals surface area contributed by atoms with Gasteiger partial charge in [0.25, 0.3) is 5.91 Å². The molecule has 0 aromatic heterocycles. The highest BCUT2D eigenvalue weighted by Crippen LogP contribution is 2.28. The van der Waals surface area contributed by atoms with Crippen LogP contribution in [0.1, 0.15) is 30.6 Å². The summed E-state index contributed by atoms with van der Waals surface area (Å²) in [7, 11) is 0. The number of carbonyl (C=O) groups is 2. The minimum Gasteiger partial charge on any atom is -0.478 e. The van der Waals surface area contributed by atoms with Gasteiger partial charge in [-0.3, -0.25) is 14.9 Å². The summed E-state index contributed by atoms with van der Waals surface area (Å²) in [5.41, 5.74) is -0.720. The van der Waals surface area contributed by atoms with E-state index in [4.69, 9.17) is 9.84 Å². The lowest BCUT2D eigenvalue weighted by atomic mass is 10.2. The molecule has 8 heteroatoms. The van der Waals surface area contributed by atoms with E-state index < -0.39 is 28.6 Å². The van der Waals surface area contributed by atoms with Crippen molar-refractivity contribution >= 4 is 17.6 Å². The fraction of sp³-hybridized carbons (Fsp3) is 0.385. The largest absolute Gasteiger partial charge is 0.478 e. The van der Waals surface area contributed by atoms with Gasteiger partial charge in [-0.05, 0) is 25.5 Å². The highest BCUT2D eigenvalue weighted by molar-refractivity contribution is 5.89. The maximum absolute atomic E-state index is 11.7. The molecule has 0 aliphatic rings. The van der Waals surface area contributed by atoms with Crippen molar-refractivity contribution in [1.29, 1.82) is 0 Å². The number of carboxylic acid groups (broad SMARTS) is 1. The molecule has 1 unspecified atom stereocenters. The van der Waals surface area contributed by atoms with Crippen LogP contribution in [0.4, 0.5) is 5.69 Å². The van der Waals surface area contributed by atoms with Gasteiger partial charge in [-0.25, -0.2) is 4.79 Å². The Balaban J connectivity index is 2.94. The Hall–Kier alpha value is -2.64. The molecule has 1 amide bonds. The molecule has 0 bridgehead atoms. The van der Waals surface area contributed by atoms with E-state index in [0.29, 0.717) is 6.54 Å². The van der Waals surface area contributed by atoms with Crippen LogP contribution in [0.5, 0.6) is 5.75 Å². The van der Waals surface area contributed by atoms with E-state index >= 15 is 0 Å². The van der Waals surface area contributed by atoms with Gasteiger partial charge in [-0.2, -0.15) is 0 Å².